The molecule has 1 aliphatic carbocycles. The van der Waals surface area contributed by atoms with E-state index < -0.39 is 0 Å². The summed E-state index contributed by atoms with van der Waals surface area (Å²) in [7, 11) is 0. The summed E-state index contributed by atoms with van der Waals surface area (Å²) >= 11 is 0. The molecule has 0 radical (unpaired) electrons. The minimum absolute atomic E-state index is 0.249. The molecule has 0 aliphatic heterocycles. The van der Waals surface area contributed by atoms with E-state index in [0.717, 1.165) is 24.2 Å². The third-order valence-electron chi connectivity index (χ3n) is 4.42. The van der Waals surface area contributed by atoms with Gasteiger partial charge in [-0.1, -0.05) is 29.8 Å². The highest BCUT2D eigenvalue weighted by Gasteiger charge is 2.10. The summed E-state index contributed by atoms with van der Waals surface area (Å²) in [4.78, 5) is 20.8. The smallest absolute Gasteiger partial charge is 0.275 e. The van der Waals surface area contributed by atoms with Gasteiger partial charge in [-0.15, -0.1) is 0 Å². The first-order valence-corrected chi connectivity index (χ1v) is 8.83. The minimum atomic E-state index is -0.249. The van der Waals surface area contributed by atoms with E-state index in [9.17, 15) is 4.79 Å². The molecule has 2 aromatic rings. The van der Waals surface area contributed by atoms with Gasteiger partial charge < -0.3 is 10.6 Å². The monoisotopic (exact) mass is 336 g/mol. The summed E-state index contributed by atoms with van der Waals surface area (Å²) in [5, 5.41) is 6.13. The molecular weight excluding hydrogens is 312 g/mol. The predicted molar refractivity (Wildman–Crippen MR) is 101 cm³/mol. The van der Waals surface area contributed by atoms with Gasteiger partial charge in [0.15, 0.2) is 0 Å². The van der Waals surface area contributed by atoms with Crippen LogP contribution in [0, 0.1) is 6.92 Å². The maximum Gasteiger partial charge on any atom is 0.275 e. The van der Waals surface area contributed by atoms with E-state index in [-0.39, 0.29) is 5.91 Å². The average molecular weight is 336 g/mol. The zero-order valence-corrected chi connectivity index (χ0v) is 14.6. The number of benzene rings is 1. The van der Waals surface area contributed by atoms with Crippen molar-refractivity contribution in [3.63, 3.8) is 0 Å². The molecule has 1 aromatic heterocycles. The van der Waals surface area contributed by atoms with E-state index in [2.05, 4.69) is 26.7 Å². The van der Waals surface area contributed by atoms with Gasteiger partial charge in [-0.05, 0) is 50.7 Å². The molecule has 0 bridgehead atoms. The van der Waals surface area contributed by atoms with Crippen molar-refractivity contribution in [3.8, 4) is 0 Å². The number of anilines is 2. The Morgan fingerprint density at radius 2 is 2.04 bits per heavy atom. The van der Waals surface area contributed by atoms with Gasteiger partial charge in [0.25, 0.3) is 5.91 Å². The summed E-state index contributed by atoms with van der Waals surface area (Å²) in [6, 6.07) is 7.66. The Hall–Kier alpha value is -2.69. The van der Waals surface area contributed by atoms with E-state index in [0.29, 0.717) is 11.5 Å². The fourth-order valence-corrected chi connectivity index (χ4v) is 2.92. The van der Waals surface area contributed by atoms with Crippen molar-refractivity contribution in [3.05, 3.63) is 59.6 Å². The highest BCUT2D eigenvalue weighted by atomic mass is 16.1. The van der Waals surface area contributed by atoms with Gasteiger partial charge in [0.2, 0.25) is 0 Å². The molecule has 0 spiro atoms. The van der Waals surface area contributed by atoms with Crippen LogP contribution in [0.15, 0.2) is 48.3 Å². The van der Waals surface area contributed by atoms with Crippen molar-refractivity contribution in [2.45, 2.75) is 39.0 Å². The lowest BCUT2D eigenvalue weighted by molar-refractivity contribution is 0.102. The van der Waals surface area contributed by atoms with Gasteiger partial charge in [0, 0.05) is 12.2 Å². The molecule has 3 rings (SSSR count). The SMILES string of the molecule is Cc1ccccc1NC(=O)c1cnc(NCCC2=CCCCC2)cn1. The molecule has 0 fully saturated rings. The molecule has 1 amide bonds. The number of hydrogen-bond donors (Lipinski definition) is 2. The number of carbonyl (C=O) groups excluding carboxylic acids is 1. The van der Waals surface area contributed by atoms with Crippen molar-refractivity contribution < 1.29 is 4.79 Å². The summed E-state index contributed by atoms with van der Waals surface area (Å²) in [6.45, 7) is 2.80. The first-order valence-electron chi connectivity index (χ1n) is 8.83. The molecule has 0 saturated carbocycles. The number of amides is 1. The van der Waals surface area contributed by atoms with E-state index in [1.165, 1.54) is 37.5 Å². The van der Waals surface area contributed by atoms with Crippen LogP contribution in [-0.4, -0.2) is 22.4 Å². The molecule has 2 N–H and O–H groups in total. The van der Waals surface area contributed by atoms with Crippen LogP contribution in [0.2, 0.25) is 0 Å². The third kappa shape index (κ3) is 4.89. The Morgan fingerprint density at radius 1 is 1.16 bits per heavy atom. The Labute approximate surface area is 148 Å². The van der Waals surface area contributed by atoms with Gasteiger partial charge in [-0.2, -0.15) is 0 Å². The maximum atomic E-state index is 12.3. The third-order valence-corrected chi connectivity index (χ3v) is 4.42. The number of hydrogen-bond acceptors (Lipinski definition) is 4. The fraction of sp³-hybridized carbons (Fsp3) is 0.350. The van der Waals surface area contributed by atoms with Gasteiger partial charge in [0.05, 0.1) is 12.4 Å². The molecule has 5 nitrogen and oxygen atoms in total. The lowest BCUT2D eigenvalue weighted by atomic mass is 9.97. The lowest BCUT2D eigenvalue weighted by Gasteiger charge is -2.13. The van der Waals surface area contributed by atoms with E-state index >= 15 is 0 Å². The number of nitrogens with zero attached hydrogens (tertiary/aromatic N) is 2. The van der Waals surface area contributed by atoms with Gasteiger partial charge in [-0.25, -0.2) is 9.97 Å². The van der Waals surface area contributed by atoms with Crippen molar-refractivity contribution in [2.75, 3.05) is 17.2 Å². The second-order valence-corrected chi connectivity index (χ2v) is 6.34. The number of nitrogens with one attached hydrogen (secondary N) is 2. The second-order valence-electron chi connectivity index (χ2n) is 6.34. The number of allylic oxidation sites excluding steroid dienone is 1. The van der Waals surface area contributed by atoms with Crippen LogP contribution in [-0.2, 0) is 0 Å². The van der Waals surface area contributed by atoms with E-state index in [4.69, 9.17) is 0 Å². The van der Waals surface area contributed by atoms with Crippen LogP contribution in [0.1, 0.15) is 48.2 Å². The summed E-state index contributed by atoms with van der Waals surface area (Å²) in [5.41, 5.74) is 3.64. The normalized spacial score (nSPS) is 13.9. The van der Waals surface area contributed by atoms with Crippen molar-refractivity contribution in [1.82, 2.24) is 9.97 Å². The Morgan fingerprint density at radius 3 is 2.76 bits per heavy atom. The highest BCUT2D eigenvalue weighted by Crippen LogP contribution is 2.20. The number of rotatable bonds is 6. The number of aromatic nitrogens is 2. The van der Waals surface area contributed by atoms with E-state index in [1.807, 2.05) is 31.2 Å². The molecule has 130 valence electrons. The van der Waals surface area contributed by atoms with Crippen LogP contribution in [0.4, 0.5) is 11.5 Å². The zero-order valence-electron chi connectivity index (χ0n) is 14.6. The topological polar surface area (TPSA) is 66.9 Å². The minimum Gasteiger partial charge on any atom is -0.368 e. The average Bonchev–Trinajstić information content (AvgIpc) is 2.65. The van der Waals surface area contributed by atoms with Crippen LogP contribution >= 0.6 is 0 Å². The van der Waals surface area contributed by atoms with Gasteiger partial charge >= 0.3 is 0 Å². The van der Waals surface area contributed by atoms with Crippen molar-refractivity contribution in [1.29, 1.82) is 0 Å². The molecular formula is C20H24N4O. The van der Waals surface area contributed by atoms with Crippen LogP contribution in [0.25, 0.3) is 0 Å². The number of carbonyl (C=O) groups is 1. The standard InChI is InChI=1S/C20H24N4O/c1-15-7-5-6-10-17(15)24-20(25)18-13-23-19(14-22-18)21-12-11-16-8-3-2-4-9-16/h5-8,10,13-14H,2-4,9,11-12H2,1H3,(H,21,23)(H,24,25). The molecule has 0 unspecified atom stereocenters. The lowest BCUT2D eigenvalue weighted by Crippen LogP contribution is -2.15. The number of para-hydroxylation sites is 1. The summed E-state index contributed by atoms with van der Waals surface area (Å²) < 4.78 is 0. The molecule has 1 heterocycles. The summed E-state index contributed by atoms with van der Waals surface area (Å²) in [6.07, 6.45) is 11.6. The Balaban J connectivity index is 1.52. The van der Waals surface area contributed by atoms with Crippen LogP contribution in [0.3, 0.4) is 0 Å². The first kappa shape index (κ1) is 17.1. The second kappa shape index (κ2) is 8.42. The Bertz CT molecular complexity index is 753. The van der Waals surface area contributed by atoms with Crippen LogP contribution in [0.5, 0.6) is 0 Å². The van der Waals surface area contributed by atoms with Crippen molar-refractivity contribution in [2.24, 2.45) is 0 Å². The summed E-state index contributed by atoms with van der Waals surface area (Å²) in [5.74, 6) is 0.449. The molecule has 0 saturated heterocycles. The molecule has 5 heteroatoms. The quantitative estimate of drug-likeness (QED) is 0.770. The van der Waals surface area contributed by atoms with E-state index in [1.54, 1.807) is 6.20 Å². The molecule has 1 aromatic carbocycles. The van der Waals surface area contributed by atoms with Crippen molar-refractivity contribution >= 4 is 17.4 Å². The molecule has 0 atom stereocenters. The van der Waals surface area contributed by atoms with Crippen LogP contribution < -0.4 is 10.6 Å². The molecule has 1 aliphatic rings. The van der Waals surface area contributed by atoms with Gasteiger partial charge in [-0.3, -0.25) is 4.79 Å². The zero-order chi connectivity index (χ0) is 17.5. The first-order chi connectivity index (χ1) is 12.2. The largest absolute Gasteiger partial charge is 0.368 e. The number of aryl methyl sites for hydroxylation is 1. The fourth-order valence-electron chi connectivity index (χ4n) is 2.92. The predicted octanol–water partition coefficient (Wildman–Crippen LogP) is 4.34. The molecule has 25 heavy (non-hydrogen) atoms. The Kier molecular flexibility index (Phi) is 5.77. The highest BCUT2D eigenvalue weighted by molar-refractivity contribution is 6.03. The maximum absolute atomic E-state index is 12.3. The van der Waals surface area contributed by atoms with Gasteiger partial charge in [0.1, 0.15) is 11.5 Å².